The number of nitrogens with one attached hydrogen (secondary N) is 2. The molecule has 0 saturated heterocycles. The molecular formula is C20H20F2N4O2. The van der Waals surface area contributed by atoms with Gasteiger partial charge >= 0.3 is 0 Å². The Labute approximate surface area is 160 Å². The second-order valence-corrected chi connectivity index (χ2v) is 6.66. The number of H-pyrrole nitrogens is 1. The Balaban J connectivity index is 1.62. The van der Waals surface area contributed by atoms with Crippen molar-refractivity contribution in [2.75, 3.05) is 13.6 Å². The lowest BCUT2D eigenvalue weighted by Gasteiger charge is -2.19. The van der Waals surface area contributed by atoms with Crippen molar-refractivity contribution < 1.29 is 13.6 Å². The maximum Gasteiger partial charge on any atom is 0.258 e. The Morgan fingerprint density at radius 1 is 1.25 bits per heavy atom. The van der Waals surface area contributed by atoms with Gasteiger partial charge in [-0.2, -0.15) is 0 Å². The summed E-state index contributed by atoms with van der Waals surface area (Å²) in [7, 11) is 1.71. The molecule has 0 bridgehead atoms. The lowest BCUT2D eigenvalue weighted by atomic mass is 10.1. The normalized spacial score (nSPS) is 12.3. The number of amides is 1. The number of halogens is 2. The number of aromatic nitrogens is 2. The third-order valence-electron chi connectivity index (χ3n) is 4.30. The summed E-state index contributed by atoms with van der Waals surface area (Å²) in [5, 5.41) is 3.18. The van der Waals surface area contributed by atoms with Crippen LogP contribution in [0.4, 0.5) is 8.78 Å². The van der Waals surface area contributed by atoms with Gasteiger partial charge in [0.05, 0.1) is 30.0 Å². The Morgan fingerprint density at radius 3 is 2.75 bits per heavy atom. The number of hydrogen-bond donors (Lipinski definition) is 2. The fourth-order valence-corrected chi connectivity index (χ4v) is 2.98. The monoisotopic (exact) mass is 386 g/mol. The molecular weight excluding hydrogens is 366 g/mol. The number of nitrogens with zero attached hydrogens (tertiary/aromatic N) is 2. The molecule has 0 spiro atoms. The molecule has 28 heavy (non-hydrogen) atoms. The summed E-state index contributed by atoms with van der Waals surface area (Å²) in [5.74, 6) is -1.27. The Hall–Kier alpha value is -3.13. The highest BCUT2D eigenvalue weighted by atomic mass is 19.1. The van der Waals surface area contributed by atoms with Crippen molar-refractivity contribution in [1.29, 1.82) is 0 Å². The van der Waals surface area contributed by atoms with Gasteiger partial charge in [-0.05, 0) is 32.2 Å². The summed E-state index contributed by atoms with van der Waals surface area (Å²) in [6.07, 6.45) is 0. The first-order valence-corrected chi connectivity index (χ1v) is 8.74. The highest BCUT2D eigenvalue weighted by molar-refractivity contribution is 5.78. The number of benzene rings is 2. The van der Waals surface area contributed by atoms with Crippen LogP contribution in [0.5, 0.6) is 0 Å². The van der Waals surface area contributed by atoms with Gasteiger partial charge in [0.1, 0.15) is 17.5 Å². The lowest BCUT2D eigenvalue weighted by Crippen LogP contribution is -2.37. The molecule has 2 aromatic carbocycles. The molecule has 0 saturated carbocycles. The standard InChI is InChI=1S/C20H20F2N4O2/c1-12(14-8-7-13(21)9-16(14)22)23-19(27)11-26(2)10-18-24-17-6-4-3-5-15(17)20(28)25-18/h3-9,12H,10-11H2,1-2H3,(H,23,27)(H,24,25,28)/t12-/m0/s1. The highest BCUT2D eigenvalue weighted by Gasteiger charge is 2.16. The first-order valence-electron chi connectivity index (χ1n) is 8.74. The molecule has 146 valence electrons. The number of para-hydroxylation sites is 1. The maximum absolute atomic E-state index is 13.8. The molecule has 1 aromatic heterocycles. The lowest BCUT2D eigenvalue weighted by molar-refractivity contribution is -0.122. The predicted octanol–water partition coefficient (Wildman–Crippen LogP) is 2.51. The van der Waals surface area contributed by atoms with Crippen LogP contribution < -0.4 is 10.9 Å². The minimum Gasteiger partial charge on any atom is -0.348 e. The number of hydrogen-bond acceptors (Lipinski definition) is 4. The van der Waals surface area contributed by atoms with Crippen LogP contribution in [-0.4, -0.2) is 34.4 Å². The highest BCUT2D eigenvalue weighted by Crippen LogP contribution is 2.17. The molecule has 0 unspecified atom stereocenters. The molecule has 0 aliphatic carbocycles. The van der Waals surface area contributed by atoms with Gasteiger partial charge < -0.3 is 10.3 Å². The molecule has 0 fully saturated rings. The molecule has 1 heterocycles. The van der Waals surface area contributed by atoms with Crippen LogP contribution in [0.1, 0.15) is 24.4 Å². The van der Waals surface area contributed by atoms with Crippen molar-refractivity contribution in [2.45, 2.75) is 19.5 Å². The van der Waals surface area contributed by atoms with Crippen molar-refractivity contribution in [3.8, 4) is 0 Å². The summed E-state index contributed by atoms with van der Waals surface area (Å²) < 4.78 is 26.8. The van der Waals surface area contributed by atoms with Crippen molar-refractivity contribution in [1.82, 2.24) is 20.2 Å². The van der Waals surface area contributed by atoms with Crippen molar-refractivity contribution >= 4 is 16.8 Å². The van der Waals surface area contributed by atoms with Gasteiger partial charge in [0, 0.05) is 11.6 Å². The zero-order chi connectivity index (χ0) is 20.3. The SMILES string of the molecule is C[C@H](NC(=O)CN(C)Cc1nc2ccccc2c(=O)[nH]1)c1ccc(F)cc1F. The molecule has 0 radical (unpaired) electrons. The molecule has 1 atom stereocenters. The summed E-state index contributed by atoms with van der Waals surface area (Å²) in [6, 6.07) is 9.63. The van der Waals surface area contributed by atoms with E-state index in [4.69, 9.17) is 0 Å². The van der Waals surface area contributed by atoms with E-state index in [2.05, 4.69) is 15.3 Å². The summed E-state index contributed by atoms with van der Waals surface area (Å²) in [4.78, 5) is 33.1. The maximum atomic E-state index is 13.8. The predicted molar refractivity (Wildman–Crippen MR) is 102 cm³/mol. The zero-order valence-corrected chi connectivity index (χ0v) is 15.5. The summed E-state index contributed by atoms with van der Waals surface area (Å²) in [6.45, 7) is 1.90. The van der Waals surface area contributed by atoms with Gasteiger partial charge in [0.15, 0.2) is 0 Å². The number of carbonyl (C=O) groups is 1. The van der Waals surface area contributed by atoms with E-state index in [0.29, 0.717) is 16.7 Å². The van der Waals surface area contributed by atoms with E-state index >= 15 is 0 Å². The summed E-state index contributed by atoms with van der Waals surface area (Å²) in [5.41, 5.74) is 0.552. The second-order valence-electron chi connectivity index (χ2n) is 6.66. The van der Waals surface area contributed by atoms with E-state index in [-0.39, 0.29) is 30.1 Å². The Bertz CT molecular complexity index is 1070. The molecule has 2 N–H and O–H groups in total. The zero-order valence-electron chi connectivity index (χ0n) is 15.5. The van der Waals surface area contributed by atoms with Crippen LogP contribution in [0, 0.1) is 11.6 Å². The number of fused-ring (bicyclic) bond motifs is 1. The van der Waals surface area contributed by atoms with Crippen LogP contribution in [0.25, 0.3) is 10.9 Å². The van der Waals surface area contributed by atoms with Gasteiger partial charge in [-0.1, -0.05) is 18.2 Å². The van der Waals surface area contributed by atoms with Crippen LogP contribution in [0.2, 0.25) is 0 Å². The minimum atomic E-state index is -0.709. The number of carbonyl (C=O) groups excluding carboxylic acids is 1. The third-order valence-corrected chi connectivity index (χ3v) is 4.30. The van der Waals surface area contributed by atoms with Crippen molar-refractivity contribution in [2.24, 2.45) is 0 Å². The van der Waals surface area contributed by atoms with Crippen LogP contribution in [0.15, 0.2) is 47.3 Å². The van der Waals surface area contributed by atoms with Gasteiger partial charge in [-0.3, -0.25) is 14.5 Å². The molecule has 0 aliphatic heterocycles. The smallest absolute Gasteiger partial charge is 0.258 e. The summed E-state index contributed by atoms with van der Waals surface area (Å²) >= 11 is 0. The average Bonchev–Trinajstić information content (AvgIpc) is 2.61. The first kappa shape index (κ1) is 19.6. The van der Waals surface area contributed by atoms with Gasteiger partial charge in [-0.25, -0.2) is 13.8 Å². The second kappa shape index (κ2) is 8.26. The number of likely N-dealkylation sites (N-methyl/N-ethyl adjacent to an activating group) is 1. The van der Waals surface area contributed by atoms with Crippen molar-refractivity contribution in [3.63, 3.8) is 0 Å². The van der Waals surface area contributed by atoms with E-state index in [1.165, 1.54) is 6.07 Å². The average molecular weight is 386 g/mol. The molecule has 8 heteroatoms. The molecule has 3 aromatic rings. The van der Waals surface area contributed by atoms with E-state index in [9.17, 15) is 18.4 Å². The van der Waals surface area contributed by atoms with Crippen LogP contribution in [-0.2, 0) is 11.3 Å². The molecule has 6 nitrogen and oxygen atoms in total. The van der Waals surface area contributed by atoms with E-state index in [1.54, 1.807) is 43.1 Å². The van der Waals surface area contributed by atoms with Crippen molar-refractivity contribution in [3.05, 3.63) is 75.8 Å². The number of aromatic amines is 1. The van der Waals surface area contributed by atoms with E-state index in [0.717, 1.165) is 12.1 Å². The fourth-order valence-electron chi connectivity index (χ4n) is 2.98. The number of rotatable bonds is 6. The van der Waals surface area contributed by atoms with Crippen LogP contribution in [0.3, 0.4) is 0 Å². The topological polar surface area (TPSA) is 78.1 Å². The fraction of sp³-hybridized carbons (Fsp3) is 0.250. The van der Waals surface area contributed by atoms with Gasteiger partial charge in [-0.15, -0.1) is 0 Å². The Kier molecular flexibility index (Phi) is 5.79. The van der Waals surface area contributed by atoms with Gasteiger partial charge in [0.2, 0.25) is 5.91 Å². The first-order chi connectivity index (χ1) is 13.3. The Morgan fingerprint density at radius 2 is 2.00 bits per heavy atom. The van der Waals surface area contributed by atoms with Crippen LogP contribution >= 0.6 is 0 Å². The quantitative estimate of drug-likeness (QED) is 0.682. The van der Waals surface area contributed by atoms with E-state index in [1.807, 2.05) is 0 Å². The molecule has 3 rings (SSSR count). The van der Waals surface area contributed by atoms with Gasteiger partial charge in [0.25, 0.3) is 5.56 Å². The molecule has 1 amide bonds. The minimum absolute atomic E-state index is 0.0176. The third kappa shape index (κ3) is 4.58. The molecule has 0 aliphatic rings. The van der Waals surface area contributed by atoms with E-state index < -0.39 is 17.7 Å². The largest absolute Gasteiger partial charge is 0.348 e.